The van der Waals surface area contributed by atoms with Gasteiger partial charge in [-0.3, -0.25) is 0 Å². The fourth-order valence-electron chi connectivity index (χ4n) is 3.03. The van der Waals surface area contributed by atoms with E-state index in [1.165, 1.54) is 0 Å². The summed E-state index contributed by atoms with van der Waals surface area (Å²) in [6.45, 7) is 10.8. The number of hydrogen-bond acceptors (Lipinski definition) is 4. The van der Waals surface area contributed by atoms with E-state index >= 15 is 0 Å². The van der Waals surface area contributed by atoms with E-state index in [-0.39, 0.29) is 0 Å². The Hall–Kier alpha value is -0.720. The Labute approximate surface area is 132 Å². The molecule has 4 nitrogen and oxygen atoms in total. The average Bonchev–Trinajstić information content (AvgIpc) is 2.34. The maximum atomic E-state index is 13.0. The zero-order valence-corrected chi connectivity index (χ0v) is 14.9. The van der Waals surface area contributed by atoms with Crippen LogP contribution in [0.1, 0.15) is 30.5 Å². The third-order valence-corrected chi connectivity index (χ3v) is 7.29. The minimum Gasteiger partial charge on any atom is -0.398 e. The van der Waals surface area contributed by atoms with E-state index in [0.29, 0.717) is 39.7 Å². The lowest BCUT2D eigenvalue weighted by molar-refractivity contribution is 0.404. The van der Waals surface area contributed by atoms with E-state index < -0.39 is 10.0 Å². The molecule has 0 saturated carbocycles. The number of benzene rings is 1. The molecule has 118 valence electrons. The predicted octanol–water partition coefficient (Wildman–Crippen LogP) is 2.71. The first-order chi connectivity index (χ1) is 9.64. The standard InChI is InChI=1S/C15H24N2O2S2/c1-9-6-10(2)15(13(5)14(9)16)21(18,19)17-7-11(3)20-12(4)8-17/h6,11-12H,7-8,16H2,1-5H3. The lowest BCUT2D eigenvalue weighted by atomic mass is 10.1. The summed E-state index contributed by atoms with van der Waals surface area (Å²) in [7, 11) is -3.49. The summed E-state index contributed by atoms with van der Waals surface area (Å²) in [5, 5.41) is 0.624. The number of rotatable bonds is 2. The van der Waals surface area contributed by atoms with Crippen LogP contribution in [-0.2, 0) is 10.0 Å². The van der Waals surface area contributed by atoms with Gasteiger partial charge < -0.3 is 5.73 Å². The van der Waals surface area contributed by atoms with E-state index in [1.54, 1.807) is 11.2 Å². The second-order valence-electron chi connectivity index (χ2n) is 5.96. The first kappa shape index (κ1) is 16.6. The van der Waals surface area contributed by atoms with Crippen molar-refractivity contribution in [3.63, 3.8) is 0 Å². The van der Waals surface area contributed by atoms with Crippen molar-refractivity contribution in [1.29, 1.82) is 0 Å². The summed E-state index contributed by atoms with van der Waals surface area (Å²) in [5.41, 5.74) is 9.00. The van der Waals surface area contributed by atoms with Gasteiger partial charge in [0, 0.05) is 29.3 Å². The number of nitrogens with zero attached hydrogens (tertiary/aromatic N) is 1. The third-order valence-electron chi connectivity index (χ3n) is 3.94. The predicted molar refractivity (Wildman–Crippen MR) is 90.3 cm³/mol. The largest absolute Gasteiger partial charge is 0.398 e. The van der Waals surface area contributed by atoms with Crippen molar-refractivity contribution < 1.29 is 8.42 Å². The lowest BCUT2D eigenvalue weighted by Crippen LogP contribution is -2.44. The van der Waals surface area contributed by atoms with Gasteiger partial charge in [-0.1, -0.05) is 19.9 Å². The number of sulfonamides is 1. The summed E-state index contributed by atoms with van der Waals surface area (Å²) < 4.78 is 27.7. The molecule has 1 aliphatic heterocycles. The van der Waals surface area contributed by atoms with Crippen LogP contribution in [0.2, 0.25) is 0 Å². The Kier molecular flexibility index (Phi) is 4.61. The van der Waals surface area contributed by atoms with Crippen molar-refractivity contribution >= 4 is 27.5 Å². The monoisotopic (exact) mass is 328 g/mol. The fourth-order valence-corrected chi connectivity index (χ4v) is 6.61. The molecular weight excluding hydrogens is 304 g/mol. The molecule has 2 rings (SSSR count). The summed E-state index contributed by atoms with van der Waals surface area (Å²) in [5.74, 6) is 0. The van der Waals surface area contributed by atoms with Crippen LogP contribution in [0.15, 0.2) is 11.0 Å². The van der Waals surface area contributed by atoms with Crippen LogP contribution in [0.3, 0.4) is 0 Å². The van der Waals surface area contributed by atoms with Crippen LogP contribution >= 0.6 is 11.8 Å². The topological polar surface area (TPSA) is 63.4 Å². The fraction of sp³-hybridized carbons (Fsp3) is 0.600. The highest BCUT2D eigenvalue weighted by Gasteiger charge is 2.34. The quantitative estimate of drug-likeness (QED) is 0.848. The molecule has 1 aromatic rings. The van der Waals surface area contributed by atoms with E-state index in [9.17, 15) is 8.42 Å². The average molecular weight is 329 g/mol. The van der Waals surface area contributed by atoms with Crippen molar-refractivity contribution in [3.8, 4) is 0 Å². The van der Waals surface area contributed by atoms with Crippen LogP contribution in [-0.4, -0.2) is 36.3 Å². The second kappa shape index (κ2) is 5.82. The first-order valence-corrected chi connectivity index (χ1v) is 9.54. The number of nitrogen functional groups attached to an aromatic ring is 1. The lowest BCUT2D eigenvalue weighted by Gasteiger charge is -2.34. The number of anilines is 1. The Morgan fingerprint density at radius 2 is 1.67 bits per heavy atom. The summed E-state index contributed by atoms with van der Waals surface area (Å²) in [6, 6.07) is 1.86. The van der Waals surface area contributed by atoms with E-state index in [1.807, 2.05) is 31.7 Å². The highest BCUT2D eigenvalue weighted by molar-refractivity contribution is 8.00. The van der Waals surface area contributed by atoms with Gasteiger partial charge in [-0.25, -0.2) is 8.42 Å². The number of nitrogens with two attached hydrogens (primary N) is 1. The Balaban J connectivity index is 2.52. The molecule has 0 aromatic heterocycles. The molecule has 1 aliphatic rings. The van der Waals surface area contributed by atoms with Crippen LogP contribution < -0.4 is 5.73 Å². The summed E-state index contributed by atoms with van der Waals surface area (Å²) >= 11 is 1.84. The maximum absolute atomic E-state index is 13.0. The second-order valence-corrected chi connectivity index (χ2v) is 9.71. The van der Waals surface area contributed by atoms with Gasteiger partial charge in [0.15, 0.2) is 0 Å². The van der Waals surface area contributed by atoms with Crippen LogP contribution in [0, 0.1) is 20.8 Å². The van der Waals surface area contributed by atoms with Crippen molar-refractivity contribution in [2.45, 2.75) is 50.0 Å². The van der Waals surface area contributed by atoms with Crippen LogP contribution in [0.25, 0.3) is 0 Å². The van der Waals surface area contributed by atoms with Gasteiger partial charge in [0.25, 0.3) is 0 Å². The van der Waals surface area contributed by atoms with Crippen LogP contribution in [0.5, 0.6) is 0 Å². The smallest absolute Gasteiger partial charge is 0.243 e. The van der Waals surface area contributed by atoms with E-state index in [4.69, 9.17) is 5.73 Å². The molecule has 6 heteroatoms. The van der Waals surface area contributed by atoms with Gasteiger partial charge in [-0.05, 0) is 37.5 Å². The molecule has 0 spiro atoms. The SMILES string of the molecule is Cc1cc(C)c(S(=O)(=O)N2CC(C)SC(C)C2)c(C)c1N. The third kappa shape index (κ3) is 3.07. The molecular formula is C15H24N2O2S2. The summed E-state index contributed by atoms with van der Waals surface area (Å²) in [4.78, 5) is 0.386. The zero-order valence-electron chi connectivity index (χ0n) is 13.3. The normalized spacial score (nSPS) is 24.2. The molecule has 0 bridgehead atoms. The molecule has 0 radical (unpaired) electrons. The van der Waals surface area contributed by atoms with Crippen LogP contribution in [0.4, 0.5) is 5.69 Å². The molecule has 0 aliphatic carbocycles. The molecule has 21 heavy (non-hydrogen) atoms. The molecule has 2 atom stereocenters. The Morgan fingerprint density at radius 3 is 2.19 bits per heavy atom. The van der Waals surface area contributed by atoms with Gasteiger partial charge in [0.2, 0.25) is 10.0 Å². The van der Waals surface area contributed by atoms with E-state index in [2.05, 4.69) is 13.8 Å². The molecule has 1 fully saturated rings. The van der Waals surface area contributed by atoms with Gasteiger partial charge in [-0.15, -0.1) is 0 Å². The summed E-state index contributed by atoms with van der Waals surface area (Å²) in [6.07, 6.45) is 0. The molecule has 1 saturated heterocycles. The van der Waals surface area contributed by atoms with Gasteiger partial charge in [0.1, 0.15) is 0 Å². The Bertz CT molecular complexity index is 646. The first-order valence-electron chi connectivity index (χ1n) is 7.16. The maximum Gasteiger partial charge on any atom is 0.243 e. The van der Waals surface area contributed by atoms with Gasteiger partial charge >= 0.3 is 0 Å². The molecule has 1 heterocycles. The zero-order chi connectivity index (χ0) is 15.9. The highest BCUT2D eigenvalue weighted by atomic mass is 32.2. The minimum atomic E-state index is -3.49. The van der Waals surface area contributed by atoms with Crippen molar-refractivity contribution in [2.75, 3.05) is 18.8 Å². The molecule has 0 amide bonds. The van der Waals surface area contributed by atoms with Crippen molar-refractivity contribution in [3.05, 3.63) is 22.8 Å². The van der Waals surface area contributed by atoms with Gasteiger partial charge in [0.05, 0.1) is 4.90 Å². The number of hydrogen-bond donors (Lipinski definition) is 1. The van der Waals surface area contributed by atoms with Crippen molar-refractivity contribution in [2.24, 2.45) is 0 Å². The van der Waals surface area contributed by atoms with Crippen molar-refractivity contribution in [1.82, 2.24) is 4.31 Å². The molecule has 2 unspecified atom stereocenters. The molecule has 1 aromatic carbocycles. The number of aryl methyl sites for hydroxylation is 2. The van der Waals surface area contributed by atoms with Gasteiger partial charge in [-0.2, -0.15) is 16.1 Å². The number of thioether (sulfide) groups is 1. The minimum absolute atomic E-state index is 0.312. The van der Waals surface area contributed by atoms with E-state index in [0.717, 1.165) is 11.1 Å². The Morgan fingerprint density at radius 1 is 1.14 bits per heavy atom. The highest BCUT2D eigenvalue weighted by Crippen LogP contribution is 2.33. The molecule has 2 N–H and O–H groups in total.